The molecule has 2 aromatic carbocycles. The molecule has 0 aromatic heterocycles. The van der Waals surface area contributed by atoms with E-state index in [0.29, 0.717) is 12.1 Å². The number of carboxylic acid groups (broad SMARTS) is 1. The Bertz CT molecular complexity index is 782. The first-order chi connectivity index (χ1) is 11.6. The van der Waals surface area contributed by atoms with Gasteiger partial charge in [0.05, 0.1) is 0 Å². The highest BCUT2D eigenvalue weighted by Gasteiger charge is 2.01. The van der Waals surface area contributed by atoms with Crippen molar-refractivity contribution in [3.05, 3.63) is 71.3 Å². The van der Waals surface area contributed by atoms with Gasteiger partial charge in [-0.25, -0.2) is 4.79 Å². The number of nitrogens with zero attached hydrogens (tertiary/aromatic N) is 2. The quantitative estimate of drug-likeness (QED) is 0.205. The summed E-state index contributed by atoms with van der Waals surface area (Å²) in [5.41, 5.74) is 15.8. The van der Waals surface area contributed by atoms with Crippen molar-refractivity contribution in [3.8, 4) is 0 Å². The van der Waals surface area contributed by atoms with Crippen molar-refractivity contribution in [3.63, 3.8) is 0 Å². The Labute approximate surface area is 139 Å². The van der Waals surface area contributed by atoms with Crippen LogP contribution in [0.1, 0.15) is 16.7 Å². The van der Waals surface area contributed by atoms with E-state index >= 15 is 0 Å². The molecule has 0 saturated heterocycles. The van der Waals surface area contributed by atoms with Crippen LogP contribution in [0.5, 0.6) is 0 Å². The van der Waals surface area contributed by atoms with E-state index in [-0.39, 0.29) is 5.84 Å². The zero-order chi connectivity index (χ0) is 17.4. The van der Waals surface area contributed by atoms with E-state index in [4.69, 9.17) is 16.4 Å². The van der Waals surface area contributed by atoms with E-state index < -0.39 is 5.97 Å². The fourth-order valence-electron chi connectivity index (χ4n) is 2.02. The second-order valence-corrected chi connectivity index (χ2v) is 4.93. The van der Waals surface area contributed by atoms with Gasteiger partial charge in [0.15, 0.2) is 5.84 Å². The monoisotopic (exact) mass is 323 g/mol. The Kier molecular flexibility index (Phi) is 5.79. The molecule has 0 saturated carbocycles. The molecule has 0 spiro atoms. The molecule has 7 heteroatoms. The topological polar surface area (TPSA) is 124 Å². The predicted molar refractivity (Wildman–Crippen MR) is 92.8 cm³/mol. The number of nitrogens with two attached hydrogens (primary N) is 1. The first-order valence-electron chi connectivity index (χ1n) is 7.12. The fraction of sp³-hybridized carbons (Fsp3) is 0.0588. The number of hydrogen-bond donors (Lipinski definition) is 4. The summed E-state index contributed by atoms with van der Waals surface area (Å²) in [6, 6.07) is 14.9. The highest BCUT2D eigenvalue weighted by molar-refractivity contribution is 5.98. The summed E-state index contributed by atoms with van der Waals surface area (Å²) < 4.78 is 0. The number of benzene rings is 2. The van der Waals surface area contributed by atoms with E-state index in [1.807, 2.05) is 42.5 Å². The summed E-state index contributed by atoms with van der Waals surface area (Å²) in [5, 5.41) is 18.3. The lowest BCUT2D eigenvalue weighted by atomic mass is 10.1. The summed E-state index contributed by atoms with van der Waals surface area (Å²) in [4.78, 5) is 10.5. The van der Waals surface area contributed by atoms with Gasteiger partial charge in [-0.15, -0.1) is 5.10 Å². The number of nitrogens with one attached hydrogen (secondary N) is 2. The largest absolute Gasteiger partial charge is 0.478 e. The highest BCUT2D eigenvalue weighted by Crippen LogP contribution is 2.13. The number of rotatable bonds is 7. The van der Waals surface area contributed by atoms with Crippen LogP contribution in [-0.4, -0.2) is 16.9 Å². The Morgan fingerprint density at radius 3 is 2.67 bits per heavy atom. The maximum Gasteiger partial charge on any atom is 0.328 e. The zero-order valence-electron chi connectivity index (χ0n) is 12.8. The molecule has 0 atom stereocenters. The number of carboxylic acids is 1. The van der Waals surface area contributed by atoms with E-state index in [2.05, 4.69) is 15.6 Å². The summed E-state index contributed by atoms with van der Waals surface area (Å²) in [7, 11) is 0. The lowest BCUT2D eigenvalue weighted by Gasteiger charge is -2.08. The van der Waals surface area contributed by atoms with Crippen molar-refractivity contribution in [2.75, 3.05) is 5.32 Å². The van der Waals surface area contributed by atoms with Gasteiger partial charge in [0.25, 0.3) is 0 Å². The van der Waals surface area contributed by atoms with Crippen LogP contribution in [0.3, 0.4) is 0 Å². The van der Waals surface area contributed by atoms with Gasteiger partial charge in [0.2, 0.25) is 0 Å². The second-order valence-electron chi connectivity index (χ2n) is 4.93. The Morgan fingerprint density at radius 2 is 2.00 bits per heavy atom. The van der Waals surface area contributed by atoms with E-state index in [9.17, 15) is 4.79 Å². The summed E-state index contributed by atoms with van der Waals surface area (Å²) in [6.07, 6.45) is 2.65. The van der Waals surface area contributed by atoms with Crippen LogP contribution in [0.25, 0.3) is 6.08 Å². The molecular weight excluding hydrogens is 306 g/mol. The SMILES string of the molecule is N=NN=C(N)c1cccc(NCc2ccc(/C=C/C(=O)O)cc2)c1. The van der Waals surface area contributed by atoms with Crippen LogP contribution >= 0.6 is 0 Å². The third-order valence-electron chi connectivity index (χ3n) is 3.21. The fourth-order valence-corrected chi connectivity index (χ4v) is 2.02. The third-order valence-corrected chi connectivity index (χ3v) is 3.21. The Balaban J connectivity index is 2.01. The zero-order valence-corrected chi connectivity index (χ0v) is 12.8. The molecule has 0 amide bonds. The summed E-state index contributed by atoms with van der Waals surface area (Å²) in [5.74, 6) is -0.787. The average molecular weight is 323 g/mol. The Hall–Kier alpha value is -3.48. The van der Waals surface area contributed by atoms with E-state index in [1.165, 1.54) is 0 Å². The lowest BCUT2D eigenvalue weighted by Crippen LogP contribution is -2.12. The van der Waals surface area contributed by atoms with Gasteiger partial charge in [-0.3, -0.25) is 0 Å². The van der Waals surface area contributed by atoms with E-state index in [0.717, 1.165) is 22.9 Å². The molecule has 122 valence electrons. The molecule has 7 nitrogen and oxygen atoms in total. The van der Waals surface area contributed by atoms with Crippen LogP contribution in [0.2, 0.25) is 0 Å². The summed E-state index contributed by atoms with van der Waals surface area (Å²) in [6.45, 7) is 0.603. The van der Waals surface area contributed by atoms with Crippen LogP contribution in [0, 0.1) is 5.53 Å². The standard InChI is InChI=1S/C17H17N5O2/c18-17(21-22-19)14-2-1-3-15(10-14)20-11-13-6-4-12(5-7-13)8-9-16(23)24/h1-10,20H,11H2,(H,23,24)(H3,18,19,21)/b9-8+. The van der Waals surface area contributed by atoms with Crippen molar-refractivity contribution >= 4 is 23.6 Å². The first-order valence-corrected chi connectivity index (χ1v) is 7.12. The van der Waals surface area contributed by atoms with Gasteiger partial charge in [-0.05, 0) is 29.3 Å². The van der Waals surface area contributed by atoms with Gasteiger partial charge >= 0.3 is 5.97 Å². The van der Waals surface area contributed by atoms with Crippen molar-refractivity contribution in [1.82, 2.24) is 0 Å². The predicted octanol–water partition coefficient (Wildman–Crippen LogP) is 3.05. The van der Waals surface area contributed by atoms with Crippen LogP contribution < -0.4 is 11.1 Å². The number of aliphatic carboxylic acids is 1. The molecule has 0 aliphatic rings. The highest BCUT2D eigenvalue weighted by atomic mass is 16.4. The minimum atomic E-state index is -0.971. The van der Waals surface area contributed by atoms with Crippen LogP contribution in [-0.2, 0) is 11.3 Å². The molecule has 0 aliphatic carbocycles. The van der Waals surface area contributed by atoms with Gasteiger partial charge < -0.3 is 16.2 Å². The minimum Gasteiger partial charge on any atom is -0.478 e. The van der Waals surface area contributed by atoms with Gasteiger partial charge in [-0.1, -0.05) is 41.6 Å². The molecule has 0 aliphatic heterocycles. The first kappa shape index (κ1) is 16.9. The molecule has 0 bridgehead atoms. The number of carbonyl (C=O) groups is 1. The van der Waals surface area contributed by atoms with Gasteiger partial charge in [0, 0.05) is 23.9 Å². The molecule has 2 aromatic rings. The number of amidine groups is 1. The maximum atomic E-state index is 10.5. The summed E-state index contributed by atoms with van der Waals surface area (Å²) >= 11 is 0. The molecular formula is C17H17N5O2. The van der Waals surface area contributed by atoms with E-state index in [1.54, 1.807) is 12.1 Å². The third kappa shape index (κ3) is 5.06. The van der Waals surface area contributed by atoms with Crippen molar-refractivity contribution in [2.45, 2.75) is 6.54 Å². The van der Waals surface area contributed by atoms with Gasteiger partial charge in [-0.2, -0.15) is 5.53 Å². The molecule has 0 fully saturated rings. The lowest BCUT2D eigenvalue weighted by molar-refractivity contribution is -0.131. The smallest absolute Gasteiger partial charge is 0.328 e. The second kappa shape index (κ2) is 8.23. The Morgan fingerprint density at radius 1 is 1.25 bits per heavy atom. The molecule has 5 N–H and O–H groups in total. The van der Waals surface area contributed by atoms with Crippen LogP contribution in [0.4, 0.5) is 5.69 Å². The number of hydrogen-bond acceptors (Lipinski definition) is 4. The minimum absolute atomic E-state index is 0.184. The van der Waals surface area contributed by atoms with Crippen molar-refractivity contribution in [1.29, 1.82) is 5.53 Å². The number of anilines is 1. The molecule has 24 heavy (non-hydrogen) atoms. The van der Waals surface area contributed by atoms with Crippen molar-refractivity contribution < 1.29 is 9.90 Å². The molecule has 2 rings (SSSR count). The van der Waals surface area contributed by atoms with Crippen molar-refractivity contribution in [2.24, 2.45) is 16.1 Å². The maximum absolute atomic E-state index is 10.5. The molecule has 0 heterocycles. The normalized spacial score (nSPS) is 11.4. The molecule has 0 unspecified atom stereocenters. The average Bonchev–Trinajstić information content (AvgIpc) is 2.59. The molecule has 0 radical (unpaired) electrons. The van der Waals surface area contributed by atoms with Crippen LogP contribution in [0.15, 0.2) is 64.9 Å². The van der Waals surface area contributed by atoms with Gasteiger partial charge in [0.1, 0.15) is 0 Å².